The van der Waals surface area contributed by atoms with Gasteiger partial charge in [0.25, 0.3) is 0 Å². The summed E-state index contributed by atoms with van der Waals surface area (Å²) in [5.74, 6) is -0.0944. The molecule has 1 rings (SSSR count). The van der Waals surface area contributed by atoms with Crippen molar-refractivity contribution in [3.63, 3.8) is 0 Å². The van der Waals surface area contributed by atoms with E-state index in [9.17, 15) is 9.18 Å². The number of nitrogens with zero attached hydrogens (tertiary/aromatic N) is 1. The van der Waals surface area contributed by atoms with Gasteiger partial charge in [0.05, 0.1) is 0 Å². The molecule has 0 fully saturated rings. The van der Waals surface area contributed by atoms with Crippen molar-refractivity contribution in [3.8, 4) is 0 Å². The molecule has 0 aliphatic rings. The number of benzene rings is 1. The van der Waals surface area contributed by atoms with E-state index in [1.165, 1.54) is 12.1 Å². The minimum absolute atomic E-state index is 0.163. The largest absolute Gasteiger partial charge is 0.343 e. The third-order valence-electron chi connectivity index (χ3n) is 2.96. The molecule has 3 nitrogen and oxygen atoms in total. The van der Waals surface area contributed by atoms with Crippen LogP contribution in [-0.4, -0.2) is 30.4 Å². The molecule has 0 radical (unpaired) electrons. The molecule has 19 heavy (non-hydrogen) atoms. The zero-order chi connectivity index (χ0) is 14.3. The van der Waals surface area contributed by atoms with Crippen LogP contribution in [0.1, 0.15) is 25.8 Å². The van der Waals surface area contributed by atoms with Crippen LogP contribution in [0.3, 0.4) is 0 Å². The highest BCUT2D eigenvalue weighted by molar-refractivity contribution is 9.10. The van der Waals surface area contributed by atoms with Gasteiger partial charge in [-0.1, -0.05) is 22.0 Å². The third kappa shape index (κ3) is 5.28. The smallest absolute Gasteiger partial charge is 0.223 e. The van der Waals surface area contributed by atoms with E-state index in [-0.39, 0.29) is 11.7 Å². The Hall–Kier alpha value is -0.940. The van der Waals surface area contributed by atoms with E-state index >= 15 is 0 Å². The lowest BCUT2D eigenvalue weighted by Crippen LogP contribution is -2.32. The molecule has 0 aliphatic heterocycles. The predicted octanol–water partition coefficient (Wildman–Crippen LogP) is 2.94. The highest BCUT2D eigenvalue weighted by atomic mass is 79.9. The van der Waals surface area contributed by atoms with E-state index < -0.39 is 0 Å². The van der Waals surface area contributed by atoms with Crippen LogP contribution in [0.15, 0.2) is 22.7 Å². The van der Waals surface area contributed by atoms with Crippen molar-refractivity contribution in [3.05, 3.63) is 34.1 Å². The Kier molecular flexibility index (Phi) is 7.02. The van der Waals surface area contributed by atoms with Gasteiger partial charge in [0, 0.05) is 37.1 Å². The van der Waals surface area contributed by atoms with Crippen LogP contribution < -0.4 is 5.32 Å². The van der Waals surface area contributed by atoms with Gasteiger partial charge >= 0.3 is 0 Å². The third-order valence-corrected chi connectivity index (χ3v) is 3.70. The van der Waals surface area contributed by atoms with Crippen LogP contribution in [0.5, 0.6) is 0 Å². The second-order valence-electron chi connectivity index (χ2n) is 4.23. The van der Waals surface area contributed by atoms with Gasteiger partial charge in [-0.25, -0.2) is 4.39 Å². The van der Waals surface area contributed by atoms with Crippen LogP contribution in [0.4, 0.5) is 4.39 Å². The highest BCUT2D eigenvalue weighted by Crippen LogP contribution is 2.17. The number of nitrogens with one attached hydrogen (secondary N) is 1. The fourth-order valence-corrected chi connectivity index (χ4v) is 2.31. The zero-order valence-corrected chi connectivity index (χ0v) is 13.0. The minimum Gasteiger partial charge on any atom is -0.343 e. The van der Waals surface area contributed by atoms with Crippen molar-refractivity contribution in [2.45, 2.75) is 26.8 Å². The monoisotopic (exact) mass is 330 g/mol. The predicted molar refractivity (Wildman–Crippen MR) is 78.4 cm³/mol. The molecule has 5 heteroatoms. The minimum atomic E-state index is -0.257. The van der Waals surface area contributed by atoms with Gasteiger partial charge in [-0.2, -0.15) is 0 Å². The molecule has 0 saturated carbocycles. The number of carbonyl (C=O) groups is 1. The summed E-state index contributed by atoms with van der Waals surface area (Å²) in [5, 5.41) is 3.20. The SMILES string of the molecule is CCN(CC)C(=O)CCNCc1ccc(F)cc1Br. The Morgan fingerprint density at radius 2 is 2.05 bits per heavy atom. The second-order valence-corrected chi connectivity index (χ2v) is 5.08. The molecule has 0 atom stereocenters. The molecule has 1 aromatic rings. The van der Waals surface area contributed by atoms with E-state index in [0.29, 0.717) is 19.5 Å². The average Bonchev–Trinajstić information content (AvgIpc) is 2.38. The summed E-state index contributed by atoms with van der Waals surface area (Å²) in [7, 11) is 0. The number of rotatable bonds is 7. The molecule has 0 heterocycles. The Morgan fingerprint density at radius 1 is 1.37 bits per heavy atom. The van der Waals surface area contributed by atoms with Gasteiger partial charge in [0.2, 0.25) is 5.91 Å². The summed E-state index contributed by atoms with van der Waals surface area (Å²) < 4.78 is 13.7. The summed E-state index contributed by atoms with van der Waals surface area (Å²) in [4.78, 5) is 13.6. The average molecular weight is 331 g/mol. The van der Waals surface area contributed by atoms with Crippen LogP contribution in [-0.2, 0) is 11.3 Å². The Bertz CT molecular complexity index is 422. The summed E-state index contributed by atoms with van der Waals surface area (Å²) >= 11 is 3.32. The maximum atomic E-state index is 12.9. The summed E-state index contributed by atoms with van der Waals surface area (Å²) in [6, 6.07) is 4.61. The number of halogens is 2. The molecule has 0 spiro atoms. The first-order valence-electron chi connectivity index (χ1n) is 6.50. The standard InChI is InChI=1S/C14H20BrFN2O/c1-3-18(4-2)14(19)7-8-17-10-11-5-6-12(16)9-13(11)15/h5-6,9,17H,3-4,7-8,10H2,1-2H3. The van der Waals surface area contributed by atoms with E-state index in [1.807, 2.05) is 18.7 Å². The summed E-state index contributed by atoms with van der Waals surface area (Å²) in [5.41, 5.74) is 0.983. The van der Waals surface area contributed by atoms with Gasteiger partial charge in [0.1, 0.15) is 5.82 Å². The molecular formula is C14H20BrFN2O. The van der Waals surface area contributed by atoms with Crippen molar-refractivity contribution >= 4 is 21.8 Å². The van der Waals surface area contributed by atoms with Crippen LogP contribution >= 0.6 is 15.9 Å². The fourth-order valence-electron chi connectivity index (χ4n) is 1.82. The molecule has 0 aromatic heterocycles. The molecule has 0 aliphatic carbocycles. The van der Waals surface area contributed by atoms with E-state index in [2.05, 4.69) is 21.2 Å². The molecule has 0 unspecified atom stereocenters. The van der Waals surface area contributed by atoms with Crippen molar-refractivity contribution in [1.82, 2.24) is 10.2 Å². The Labute approximate surface area is 122 Å². The topological polar surface area (TPSA) is 32.3 Å². The first-order chi connectivity index (χ1) is 9.08. The van der Waals surface area contributed by atoms with E-state index in [4.69, 9.17) is 0 Å². The molecular weight excluding hydrogens is 311 g/mol. The highest BCUT2D eigenvalue weighted by Gasteiger charge is 2.08. The van der Waals surface area contributed by atoms with Crippen molar-refractivity contribution in [2.75, 3.05) is 19.6 Å². The number of carbonyl (C=O) groups excluding carboxylic acids is 1. The molecule has 0 bridgehead atoms. The van der Waals surface area contributed by atoms with Gasteiger partial charge in [-0.3, -0.25) is 4.79 Å². The maximum absolute atomic E-state index is 12.9. The van der Waals surface area contributed by atoms with Crippen LogP contribution in [0.2, 0.25) is 0 Å². The Morgan fingerprint density at radius 3 is 2.63 bits per heavy atom. The van der Waals surface area contributed by atoms with Crippen LogP contribution in [0.25, 0.3) is 0 Å². The number of hydrogen-bond donors (Lipinski definition) is 1. The van der Waals surface area contributed by atoms with Gasteiger partial charge < -0.3 is 10.2 Å². The fraction of sp³-hybridized carbons (Fsp3) is 0.500. The first-order valence-corrected chi connectivity index (χ1v) is 7.30. The van der Waals surface area contributed by atoms with Gasteiger partial charge in [-0.05, 0) is 31.5 Å². The second kappa shape index (κ2) is 8.27. The van der Waals surface area contributed by atoms with Crippen LogP contribution in [0, 0.1) is 5.82 Å². The van der Waals surface area contributed by atoms with Crippen molar-refractivity contribution in [2.24, 2.45) is 0 Å². The van der Waals surface area contributed by atoms with E-state index in [0.717, 1.165) is 23.1 Å². The molecule has 0 saturated heterocycles. The number of hydrogen-bond acceptors (Lipinski definition) is 2. The van der Waals surface area contributed by atoms with Gasteiger partial charge in [-0.15, -0.1) is 0 Å². The lowest BCUT2D eigenvalue weighted by atomic mass is 10.2. The lowest BCUT2D eigenvalue weighted by Gasteiger charge is -2.18. The molecule has 1 amide bonds. The van der Waals surface area contributed by atoms with Crippen molar-refractivity contribution < 1.29 is 9.18 Å². The molecule has 106 valence electrons. The summed E-state index contributed by atoms with van der Waals surface area (Å²) in [6.45, 7) is 6.69. The number of amides is 1. The maximum Gasteiger partial charge on any atom is 0.223 e. The normalized spacial score (nSPS) is 10.5. The van der Waals surface area contributed by atoms with Gasteiger partial charge in [0.15, 0.2) is 0 Å². The van der Waals surface area contributed by atoms with Crippen molar-refractivity contribution in [1.29, 1.82) is 0 Å². The quantitative estimate of drug-likeness (QED) is 0.779. The van der Waals surface area contributed by atoms with E-state index in [1.54, 1.807) is 6.07 Å². The lowest BCUT2D eigenvalue weighted by molar-refractivity contribution is -0.130. The zero-order valence-electron chi connectivity index (χ0n) is 11.4. The molecule has 1 N–H and O–H groups in total. The molecule has 1 aromatic carbocycles. The first kappa shape index (κ1) is 16.1. The summed E-state index contributed by atoms with van der Waals surface area (Å²) in [6.07, 6.45) is 0.487. The Balaban J connectivity index is 2.33.